The quantitative estimate of drug-likeness (QED) is 0.313. The van der Waals surface area contributed by atoms with Crippen molar-refractivity contribution in [1.82, 2.24) is 0 Å². The van der Waals surface area contributed by atoms with Crippen molar-refractivity contribution in [2.45, 2.75) is 180 Å². The van der Waals surface area contributed by atoms with Crippen molar-refractivity contribution < 1.29 is 0 Å². The Labute approximate surface area is 226 Å². The highest BCUT2D eigenvalue weighted by molar-refractivity contribution is 4.81. The number of hydrogen-bond donors (Lipinski definition) is 0. The molecular weight excluding hydrogens is 432 g/mol. The molecule has 0 spiro atoms. The van der Waals surface area contributed by atoms with Gasteiger partial charge in [0.2, 0.25) is 0 Å². The summed E-state index contributed by atoms with van der Waals surface area (Å²) in [5.74, 6) is 9.20. The maximum Gasteiger partial charge on any atom is -0.0412 e. The van der Waals surface area contributed by atoms with Crippen LogP contribution in [0.1, 0.15) is 180 Å². The Kier molecular flexibility index (Phi) is 11.5. The predicted molar refractivity (Wildman–Crippen MR) is 157 cm³/mol. The van der Waals surface area contributed by atoms with Gasteiger partial charge in [0.05, 0.1) is 0 Å². The highest BCUT2D eigenvalue weighted by Gasteiger charge is 2.28. The zero-order valence-electron chi connectivity index (χ0n) is 24.4. The molecule has 0 nitrogen and oxygen atoms in total. The molecule has 6 atom stereocenters. The van der Waals surface area contributed by atoms with Crippen LogP contribution in [0.25, 0.3) is 0 Å². The lowest BCUT2D eigenvalue weighted by atomic mass is 9.72. The van der Waals surface area contributed by atoms with E-state index in [2.05, 4.69) is 0 Å². The van der Waals surface area contributed by atoms with Gasteiger partial charge in [0.15, 0.2) is 0 Å². The van der Waals surface area contributed by atoms with Gasteiger partial charge in [-0.1, -0.05) is 154 Å². The second-order valence-corrected chi connectivity index (χ2v) is 15.3. The molecule has 0 aromatic rings. The summed E-state index contributed by atoms with van der Waals surface area (Å²) < 4.78 is 0. The van der Waals surface area contributed by atoms with Crippen LogP contribution < -0.4 is 0 Å². The standard InChI is InChI=1S/C10H18.2C9H16.C8H14/c1-2-5-10-7-3-6-9(4-1)8-10;1-3-8-5-2-6-9(4-1)7-8;1-2-4-9-6-5-8(3-1)7-9;1-2-7-4-5-8(3-1)6-7/h9-10H,1-8H2;2*8-9H,1-7H2;7-8H,1-6H2. The summed E-state index contributed by atoms with van der Waals surface area (Å²) in [7, 11) is 0. The molecule has 208 valence electrons. The van der Waals surface area contributed by atoms with Gasteiger partial charge in [-0.25, -0.2) is 0 Å². The Hall–Kier alpha value is 0. The van der Waals surface area contributed by atoms with E-state index in [1.165, 1.54) is 51.4 Å². The Morgan fingerprint density at radius 3 is 0.556 bits per heavy atom. The van der Waals surface area contributed by atoms with Crippen LogP contribution in [0.2, 0.25) is 0 Å². The maximum absolute atomic E-state index is 1.58. The highest BCUT2D eigenvalue weighted by Crippen LogP contribution is 2.42. The molecule has 0 heterocycles. The molecule has 8 fully saturated rings. The Balaban J connectivity index is 0.0000000990. The molecule has 8 aliphatic carbocycles. The zero-order valence-corrected chi connectivity index (χ0v) is 24.4. The van der Waals surface area contributed by atoms with Gasteiger partial charge >= 0.3 is 0 Å². The van der Waals surface area contributed by atoms with Crippen molar-refractivity contribution in [3.63, 3.8) is 0 Å². The van der Waals surface area contributed by atoms with Crippen molar-refractivity contribution in [2.75, 3.05) is 0 Å². The van der Waals surface area contributed by atoms with Crippen LogP contribution in [-0.2, 0) is 0 Å². The van der Waals surface area contributed by atoms with E-state index in [0.717, 1.165) is 47.3 Å². The van der Waals surface area contributed by atoms with Crippen molar-refractivity contribution in [2.24, 2.45) is 47.3 Å². The molecular formula is C36H64. The lowest BCUT2D eigenvalue weighted by Gasteiger charge is -2.33. The lowest BCUT2D eigenvalue weighted by Crippen LogP contribution is -2.20. The minimum atomic E-state index is 1.14. The summed E-state index contributed by atoms with van der Waals surface area (Å²) in [6.07, 6.45) is 43.5. The molecule has 8 rings (SSSR count). The van der Waals surface area contributed by atoms with Gasteiger partial charge in [0, 0.05) is 0 Å². The summed E-state index contributed by atoms with van der Waals surface area (Å²) in [5.41, 5.74) is 0. The molecule has 0 aromatic carbocycles. The van der Waals surface area contributed by atoms with Gasteiger partial charge in [-0.3, -0.25) is 0 Å². The number of hydrogen-bond acceptors (Lipinski definition) is 0. The fourth-order valence-electron chi connectivity index (χ4n) is 10.4. The first-order valence-corrected chi connectivity index (χ1v) is 17.8. The monoisotopic (exact) mass is 497 g/mol. The number of fused-ring (bicyclic) bond motifs is 8. The van der Waals surface area contributed by atoms with E-state index in [-0.39, 0.29) is 0 Å². The molecule has 36 heavy (non-hydrogen) atoms. The molecule has 0 aromatic heterocycles. The van der Waals surface area contributed by atoms with Gasteiger partial charge in [-0.05, 0) is 73.0 Å². The van der Waals surface area contributed by atoms with E-state index < -0.39 is 0 Å². The fraction of sp³-hybridized carbons (Fsp3) is 1.00. The molecule has 6 unspecified atom stereocenters. The van der Waals surface area contributed by atoms with Crippen molar-refractivity contribution in [3.8, 4) is 0 Å². The molecule has 8 saturated carbocycles. The van der Waals surface area contributed by atoms with Crippen molar-refractivity contribution in [3.05, 3.63) is 0 Å². The van der Waals surface area contributed by atoms with Gasteiger partial charge in [-0.2, -0.15) is 0 Å². The van der Waals surface area contributed by atoms with E-state index in [1.54, 1.807) is 128 Å². The third-order valence-corrected chi connectivity index (χ3v) is 12.5. The van der Waals surface area contributed by atoms with Crippen molar-refractivity contribution >= 4 is 0 Å². The van der Waals surface area contributed by atoms with Gasteiger partial charge < -0.3 is 0 Å². The van der Waals surface area contributed by atoms with E-state index in [1.807, 2.05) is 0 Å². The lowest BCUT2D eigenvalue weighted by molar-refractivity contribution is 0.190. The fourth-order valence-corrected chi connectivity index (χ4v) is 10.4. The molecule has 0 amide bonds. The summed E-state index contributed by atoms with van der Waals surface area (Å²) in [6.45, 7) is 0. The van der Waals surface area contributed by atoms with E-state index in [0.29, 0.717) is 0 Å². The van der Waals surface area contributed by atoms with E-state index in [9.17, 15) is 0 Å². The topological polar surface area (TPSA) is 0 Å². The third-order valence-electron chi connectivity index (χ3n) is 12.5. The summed E-state index contributed by atoms with van der Waals surface area (Å²) >= 11 is 0. The second kappa shape index (κ2) is 15.0. The normalized spacial score (nSPS) is 42.7. The first-order chi connectivity index (χ1) is 17.8. The van der Waals surface area contributed by atoms with E-state index >= 15 is 0 Å². The van der Waals surface area contributed by atoms with Crippen LogP contribution >= 0.6 is 0 Å². The minimum Gasteiger partial charge on any atom is -0.0530 e. The third kappa shape index (κ3) is 9.04. The zero-order chi connectivity index (χ0) is 24.4. The van der Waals surface area contributed by atoms with Gasteiger partial charge in [0.1, 0.15) is 0 Å². The van der Waals surface area contributed by atoms with Gasteiger partial charge in [-0.15, -0.1) is 0 Å². The van der Waals surface area contributed by atoms with Crippen LogP contribution in [0.4, 0.5) is 0 Å². The average Bonchev–Trinajstić information content (AvgIpc) is 3.35. The largest absolute Gasteiger partial charge is 0.0530 e. The van der Waals surface area contributed by atoms with Crippen molar-refractivity contribution in [1.29, 1.82) is 0 Å². The average molecular weight is 497 g/mol. The van der Waals surface area contributed by atoms with Crippen LogP contribution in [-0.4, -0.2) is 0 Å². The Morgan fingerprint density at radius 1 is 0.167 bits per heavy atom. The summed E-state index contributed by atoms with van der Waals surface area (Å²) in [5, 5.41) is 0. The first-order valence-electron chi connectivity index (χ1n) is 17.8. The molecule has 0 saturated heterocycles. The Bertz CT molecular complexity index is 527. The molecule has 0 radical (unpaired) electrons. The van der Waals surface area contributed by atoms with Crippen LogP contribution in [0.5, 0.6) is 0 Å². The highest BCUT2D eigenvalue weighted by atomic mass is 14.3. The molecule has 0 aliphatic heterocycles. The SMILES string of the molecule is C1CC2CCC(C1)C2.C1CC2CCCC(C1)C2.C1CCC2CCC(C1)C2.C1CCC2CCCC(C1)C2. The number of rotatable bonds is 0. The first kappa shape index (κ1) is 27.6. The second-order valence-electron chi connectivity index (χ2n) is 15.3. The minimum absolute atomic E-state index is 1.14. The summed E-state index contributed by atoms with van der Waals surface area (Å²) in [4.78, 5) is 0. The molecule has 8 bridgehead atoms. The van der Waals surface area contributed by atoms with E-state index in [4.69, 9.17) is 0 Å². The smallest absolute Gasteiger partial charge is 0.0412 e. The van der Waals surface area contributed by atoms with Gasteiger partial charge in [0.25, 0.3) is 0 Å². The molecule has 0 N–H and O–H groups in total. The summed E-state index contributed by atoms with van der Waals surface area (Å²) in [6, 6.07) is 0. The Morgan fingerprint density at radius 2 is 0.333 bits per heavy atom. The molecule has 8 aliphatic rings. The van der Waals surface area contributed by atoms with Crippen LogP contribution in [0, 0.1) is 47.3 Å². The predicted octanol–water partition coefficient (Wildman–Crippen LogP) is 11.9. The van der Waals surface area contributed by atoms with Crippen LogP contribution in [0.15, 0.2) is 0 Å². The maximum atomic E-state index is 1.58. The van der Waals surface area contributed by atoms with Crippen LogP contribution in [0.3, 0.4) is 0 Å². The molecule has 0 heteroatoms.